The molecule has 21 nitrogen and oxygen atoms in total. The first-order chi connectivity index (χ1) is 35.1. The number of ether oxygens (including phenoxy) is 8. The number of para-hydroxylation sites is 1. The quantitative estimate of drug-likeness (QED) is 0.0932. The molecule has 0 radical (unpaired) electrons. The molecule has 0 unspecified atom stereocenters. The van der Waals surface area contributed by atoms with E-state index >= 15 is 0 Å². The molecule has 6 rings (SSSR count). The number of aromatic hydroxyl groups is 1. The Morgan fingerprint density at radius 1 is 0.920 bits per heavy atom. The predicted molar refractivity (Wildman–Crippen MR) is 274 cm³/mol. The van der Waals surface area contributed by atoms with Crippen LogP contribution in [0.4, 0.5) is 4.79 Å². The summed E-state index contributed by atoms with van der Waals surface area (Å²) in [6.45, 7) is 16.6. The number of fused-ring (bicyclic) bond motifs is 1. The number of esters is 1. The van der Waals surface area contributed by atoms with Crippen LogP contribution in [0.25, 0.3) is 22.4 Å². The Bertz CT molecular complexity index is 2500. The predicted octanol–water partition coefficient (Wildman–Crippen LogP) is 5.42. The number of H-pyrrole nitrogens is 1. The zero-order chi connectivity index (χ0) is 55.6. The van der Waals surface area contributed by atoms with Crippen molar-refractivity contribution in [2.45, 2.75) is 179 Å². The van der Waals surface area contributed by atoms with Crippen molar-refractivity contribution in [3.8, 4) is 17.1 Å². The summed E-state index contributed by atoms with van der Waals surface area (Å²) < 4.78 is 50.8. The van der Waals surface area contributed by atoms with E-state index in [9.17, 15) is 39.6 Å². The molecule has 0 aliphatic carbocycles. The van der Waals surface area contributed by atoms with Crippen LogP contribution in [0.2, 0.25) is 5.02 Å². The van der Waals surface area contributed by atoms with Gasteiger partial charge < -0.3 is 68.2 Å². The van der Waals surface area contributed by atoms with Crippen molar-refractivity contribution >= 4 is 46.4 Å². The zero-order valence-corrected chi connectivity index (χ0v) is 46.2. The fourth-order valence-corrected chi connectivity index (χ4v) is 11.3. The highest BCUT2D eigenvalue weighted by molar-refractivity contribution is 6.32. The van der Waals surface area contributed by atoms with Crippen LogP contribution in [-0.2, 0) is 47.5 Å². The third kappa shape index (κ3) is 12.8. The lowest BCUT2D eigenvalue weighted by Crippen LogP contribution is -2.62. The summed E-state index contributed by atoms with van der Waals surface area (Å²) in [7, 11) is 6.61. The van der Waals surface area contributed by atoms with E-state index in [-0.39, 0.29) is 53.5 Å². The number of likely N-dealkylation sites (N-methyl/N-ethyl adjacent to an activating group) is 1. The summed E-state index contributed by atoms with van der Waals surface area (Å²) in [5.41, 5.74) is 1.45. The number of Topliss-reactive ketones (excluding diaryl/α,β-unsaturated/α-hetero) is 1. The van der Waals surface area contributed by atoms with E-state index in [1.54, 1.807) is 72.7 Å². The number of carbonyl (C=O) groups excluding carboxylic acids is 4. The molecule has 7 N–H and O–H groups in total. The normalized spacial score (nSPS) is 37.4. The number of aromatic nitrogens is 2. The lowest BCUT2D eigenvalue weighted by molar-refractivity contribution is -0.319. The van der Waals surface area contributed by atoms with Crippen molar-refractivity contribution in [3.63, 3.8) is 0 Å². The van der Waals surface area contributed by atoms with Gasteiger partial charge in [-0.3, -0.25) is 19.8 Å². The van der Waals surface area contributed by atoms with E-state index in [2.05, 4.69) is 20.8 Å². The minimum absolute atomic E-state index is 0.0340. The Labute approximate surface area is 443 Å². The van der Waals surface area contributed by atoms with Gasteiger partial charge in [0.2, 0.25) is 0 Å². The number of hydrogen-bond donors (Lipinski definition) is 7. The van der Waals surface area contributed by atoms with Crippen molar-refractivity contribution in [2.24, 2.45) is 23.7 Å². The number of ketones is 1. The number of halogens is 1. The summed E-state index contributed by atoms with van der Waals surface area (Å²) >= 11 is 6.10. The van der Waals surface area contributed by atoms with E-state index in [0.29, 0.717) is 28.8 Å². The number of cyclic esters (lactones) is 1. The molecule has 418 valence electrons. The largest absolute Gasteiger partial charge is 0.506 e. The molecule has 3 fully saturated rings. The van der Waals surface area contributed by atoms with Crippen molar-refractivity contribution < 1.29 is 77.5 Å². The number of aliphatic hydroxyl groups is 3. The summed E-state index contributed by atoms with van der Waals surface area (Å²) in [5, 5.41) is 45.9. The monoisotopic (exact) mass is 1080 g/mol. The highest BCUT2D eigenvalue weighted by Gasteiger charge is 2.55. The van der Waals surface area contributed by atoms with Crippen LogP contribution in [0, 0.1) is 23.7 Å². The van der Waals surface area contributed by atoms with Crippen LogP contribution in [0.5, 0.6) is 5.75 Å². The number of methoxy groups -OCH3 is 2. The number of phenols is 1. The van der Waals surface area contributed by atoms with Gasteiger partial charge in [-0.2, -0.15) is 0 Å². The molecule has 4 heterocycles. The molecular weight excluding hydrogens is 998 g/mol. The smallest absolute Gasteiger partial charge is 0.426 e. The van der Waals surface area contributed by atoms with E-state index < -0.39 is 114 Å². The molecular formula is C53H78ClN5O16. The first-order valence-corrected chi connectivity index (χ1v) is 25.9. The molecule has 0 bridgehead atoms. The SMILES string of the molecule is CC[C@H]1OC(=O)[C@H](C)[C@@H](O[C@H]2C[C@@](C)(OC)[C@@H](OC(=O)NNC(=O)c3ccc4nc(-c5cccc(Cl)c5O)[nH]c4c3)[C@H](C)O2)[C@H](C)[C@@H](O[C@@H]2O[C@H](C)C[C@H](N(C)C)[C@H]2O)[C@@](C)(OC)C[C@@H](C)C(=O)[C@H](C)[C@@H](O)[C@]1(C)O. The number of phenolic OH excluding ortho intramolecular Hbond substituents is 1. The molecule has 2 aromatic carbocycles. The Balaban J connectivity index is 1.26. The van der Waals surface area contributed by atoms with Gasteiger partial charge in [-0.1, -0.05) is 45.4 Å². The van der Waals surface area contributed by atoms with Crippen molar-refractivity contribution in [1.82, 2.24) is 25.7 Å². The van der Waals surface area contributed by atoms with E-state index in [1.807, 2.05) is 25.9 Å². The average Bonchev–Trinajstić information content (AvgIpc) is 3.80. The lowest BCUT2D eigenvalue weighted by atomic mass is 9.74. The number of hydrazine groups is 1. The zero-order valence-electron chi connectivity index (χ0n) is 45.4. The first-order valence-electron chi connectivity index (χ1n) is 25.6. The van der Waals surface area contributed by atoms with E-state index in [0.717, 1.165) is 0 Å². The number of nitrogens with zero attached hydrogens (tertiary/aromatic N) is 2. The molecule has 22 heteroatoms. The highest BCUT2D eigenvalue weighted by atomic mass is 35.5. The molecule has 2 amide bonds. The Kier molecular flexibility index (Phi) is 19.1. The Morgan fingerprint density at radius 3 is 2.23 bits per heavy atom. The molecule has 3 saturated heterocycles. The molecule has 75 heavy (non-hydrogen) atoms. The van der Waals surface area contributed by atoms with Gasteiger partial charge in [0.25, 0.3) is 5.91 Å². The maximum absolute atomic E-state index is 14.6. The molecule has 3 aliphatic heterocycles. The van der Waals surface area contributed by atoms with Crippen LogP contribution in [0.3, 0.4) is 0 Å². The van der Waals surface area contributed by atoms with Gasteiger partial charge in [-0.05, 0) is 105 Å². The number of rotatable bonds is 11. The van der Waals surface area contributed by atoms with Gasteiger partial charge in [0, 0.05) is 50.0 Å². The van der Waals surface area contributed by atoms with E-state index in [4.69, 9.17) is 49.5 Å². The van der Waals surface area contributed by atoms with Crippen molar-refractivity contribution in [2.75, 3.05) is 28.3 Å². The minimum Gasteiger partial charge on any atom is -0.506 e. The van der Waals surface area contributed by atoms with Gasteiger partial charge in [0.05, 0.1) is 63.7 Å². The lowest BCUT2D eigenvalue weighted by Gasteiger charge is -2.50. The summed E-state index contributed by atoms with van der Waals surface area (Å²) in [6.07, 6.45) is -11.4. The van der Waals surface area contributed by atoms with Crippen LogP contribution >= 0.6 is 11.6 Å². The number of hydrogen-bond acceptors (Lipinski definition) is 18. The third-order valence-electron chi connectivity index (χ3n) is 15.7. The van der Waals surface area contributed by atoms with Gasteiger partial charge in [0.15, 0.2) is 18.7 Å². The third-order valence-corrected chi connectivity index (χ3v) is 16.0. The van der Waals surface area contributed by atoms with Gasteiger partial charge in [0.1, 0.15) is 40.8 Å². The fraction of sp³-hybridized carbons (Fsp3) is 0.679. The van der Waals surface area contributed by atoms with E-state index in [1.165, 1.54) is 40.2 Å². The number of aliphatic hydroxyl groups excluding tert-OH is 2. The molecule has 0 spiro atoms. The molecule has 1 aromatic heterocycles. The van der Waals surface area contributed by atoms with Gasteiger partial charge >= 0.3 is 12.1 Å². The minimum atomic E-state index is -2.05. The van der Waals surface area contributed by atoms with Crippen LogP contribution in [0.1, 0.15) is 105 Å². The second-order valence-electron chi connectivity index (χ2n) is 21.5. The fourth-order valence-electron chi connectivity index (χ4n) is 11.1. The maximum Gasteiger partial charge on any atom is 0.426 e. The second kappa shape index (κ2) is 24.0. The first kappa shape index (κ1) is 59.7. The van der Waals surface area contributed by atoms with Gasteiger partial charge in [-0.25, -0.2) is 15.2 Å². The molecule has 3 aromatic rings. The number of benzene rings is 2. The second-order valence-corrected chi connectivity index (χ2v) is 22.0. The number of aromatic amines is 1. The van der Waals surface area contributed by atoms with Crippen LogP contribution < -0.4 is 10.9 Å². The number of carbonyl (C=O) groups is 4. The summed E-state index contributed by atoms with van der Waals surface area (Å²) in [4.78, 5) is 65.0. The number of nitrogens with one attached hydrogen (secondary N) is 3. The number of amides is 2. The average molecular weight is 1080 g/mol. The Morgan fingerprint density at radius 2 is 1.59 bits per heavy atom. The molecule has 0 saturated carbocycles. The molecule has 18 atom stereocenters. The standard InChI is InChI=1S/C53H78ClN5O16/c1-15-37-53(10,67)43(63)27(4)39(60)25(2)23-51(8,68-13)44(74-49-41(62)36(59(11)12)21-26(3)70-49)28(5)42(29(6)48(65)72-37)73-38-24-52(9,69-14)45(30(7)71-38)75-50(66)58-57-47(64)31-19-20-34-35(22-31)56-46(55-34)32-17-16-18-33(54)40(32)61/h16-20,22,25-30,36-38,41-45,49,61-63,67H,15,21,23-24H2,1-14H3,(H,55,56)(H,57,64)(H,58,66)/t25-,26-,27+,28+,29-,30+,36+,37-,38+,41-,42+,43-,44-,45+,49+,51+,52-,53-/m1/s1. The number of imidazole rings is 1. The maximum atomic E-state index is 14.6. The molecule has 3 aliphatic rings. The van der Waals surface area contributed by atoms with Crippen LogP contribution in [0.15, 0.2) is 36.4 Å². The highest BCUT2D eigenvalue weighted by Crippen LogP contribution is 2.43. The summed E-state index contributed by atoms with van der Waals surface area (Å²) in [5.74, 6) is -5.51. The Hall–Kier alpha value is -4.52. The van der Waals surface area contributed by atoms with Gasteiger partial charge in [-0.15, -0.1) is 0 Å². The van der Waals surface area contributed by atoms with Crippen molar-refractivity contribution in [3.05, 3.63) is 47.0 Å². The van der Waals surface area contributed by atoms with Crippen molar-refractivity contribution in [1.29, 1.82) is 0 Å². The topological polar surface area (TPSA) is 279 Å². The summed E-state index contributed by atoms with van der Waals surface area (Å²) in [6, 6.07) is 9.13. The van der Waals surface area contributed by atoms with Crippen LogP contribution in [-0.4, -0.2) is 172 Å².